The lowest BCUT2D eigenvalue weighted by Gasteiger charge is -2.13. The second-order valence-electron chi connectivity index (χ2n) is 6.36. The Labute approximate surface area is 166 Å². The minimum atomic E-state index is -1.07. The smallest absolute Gasteiger partial charge is 0.362 e. The van der Waals surface area contributed by atoms with Crippen LogP contribution in [-0.4, -0.2) is 28.2 Å². The lowest BCUT2D eigenvalue weighted by molar-refractivity contribution is -0.410. The zero-order valence-corrected chi connectivity index (χ0v) is 16.0. The number of carboxylic acid groups (broad SMARTS) is 2. The van der Waals surface area contributed by atoms with Gasteiger partial charge in [-0.1, -0.05) is 42.5 Å². The Morgan fingerprint density at radius 2 is 1.67 bits per heavy atom. The van der Waals surface area contributed by atoms with E-state index in [1.165, 1.54) is 10.1 Å². The van der Waals surface area contributed by atoms with E-state index in [-0.39, 0.29) is 18.8 Å². The molecule has 1 heterocycles. The van der Waals surface area contributed by atoms with Gasteiger partial charge < -0.3 is 28.4 Å². The topological polar surface area (TPSA) is 102 Å². The molecule has 2 aromatic carbocycles. The maximum absolute atomic E-state index is 11.4. The first-order valence-electron chi connectivity index (χ1n) is 8.30. The van der Waals surface area contributed by atoms with Gasteiger partial charge in [0.15, 0.2) is 6.04 Å². The van der Waals surface area contributed by atoms with Crippen LogP contribution < -0.4 is 18.1 Å². The molecule has 1 aromatic heterocycles. The number of quaternary nitrogens is 1. The van der Waals surface area contributed by atoms with Crippen molar-refractivity contribution in [1.29, 1.82) is 0 Å². The predicted molar refractivity (Wildman–Crippen MR) is 101 cm³/mol. The van der Waals surface area contributed by atoms with E-state index < -0.39 is 23.9 Å². The van der Waals surface area contributed by atoms with Gasteiger partial charge in [-0.25, -0.2) is 4.79 Å². The maximum atomic E-state index is 11.4. The number of benzene rings is 2. The van der Waals surface area contributed by atoms with E-state index >= 15 is 0 Å². The Bertz CT molecular complexity index is 906. The van der Waals surface area contributed by atoms with E-state index in [4.69, 9.17) is 5.11 Å². The Balaban J connectivity index is 0.00000261. The Kier molecular flexibility index (Phi) is 6.96. The lowest BCUT2D eigenvalue weighted by Crippen LogP contribution is -3.00. The molecule has 0 radical (unpaired) electrons. The van der Waals surface area contributed by atoms with Gasteiger partial charge in [0.1, 0.15) is 0 Å². The molecule has 3 rings (SSSR count). The summed E-state index contributed by atoms with van der Waals surface area (Å²) in [4.78, 5) is 23.5. The van der Waals surface area contributed by atoms with Gasteiger partial charge >= 0.3 is 11.9 Å². The van der Waals surface area contributed by atoms with E-state index in [2.05, 4.69) is 23.9 Å². The van der Waals surface area contributed by atoms with Crippen molar-refractivity contribution in [2.45, 2.75) is 18.9 Å². The fourth-order valence-corrected chi connectivity index (χ4v) is 4.00. The number of thiophene rings is 1. The molecule has 0 saturated carbocycles. The first-order chi connectivity index (χ1) is 12.4. The summed E-state index contributed by atoms with van der Waals surface area (Å²) < 4.78 is 1.23. The zero-order valence-electron chi connectivity index (χ0n) is 14.5. The maximum Gasteiger partial charge on any atom is 0.362 e. The zero-order chi connectivity index (χ0) is 18.7. The molecule has 0 unspecified atom stereocenters. The third kappa shape index (κ3) is 5.07. The average Bonchev–Trinajstić information content (AvgIpc) is 3.05. The minimum absolute atomic E-state index is 0. The van der Waals surface area contributed by atoms with Gasteiger partial charge in [-0.15, -0.1) is 11.3 Å². The van der Waals surface area contributed by atoms with Gasteiger partial charge in [-0.2, -0.15) is 0 Å². The van der Waals surface area contributed by atoms with Gasteiger partial charge in [0.05, 0.1) is 5.92 Å². The summed E-state index contributed by atoms with van der Waals surface area (Å²) in [5, 5.41) is 19.5. The normalized spacial score (nSPS) is 12.9. The van der Waals surface area contributed by atoms with Gasteiger partial charge in [0.2, 0.25) is 0 Å². The second-order valence-corrected chi connectivity index (χ2v) is 7.44. The van der Waals surface area contributed by atoms with Crippen LogP contribution in [0.1, 0.15) is 12.0 Å². The highest BCUT2D eigenvalue weighted by atomic mass is 35.5. The molecule has 0 spiro atoms. The van der Waals surface area contributed by atoms with Crippen LogP contribution in [0.4, 0.5) is 0 Å². The van der Waals surface area contributed by atoms with Crippen LogP contribution in [-0.2, 0) is 16.0 Å². The van der Waals surface area contributed by atoms with E-state index in [0.29, 0.717) is 6.42 Å². The Morgan fingerprint density at radius 3 is 2.26 bits per heavy atom. The molecule has 3 aromatic rings. The number of halogens is 1. The second kappa shape index (κ2) is 8.99. The average molecular weight is 406 g/mol. The van der Waals surface area contributed by atoms with Crippen LogP contribution in [0, 0.1) is 5.92 Å². The van der Waals surface area contributed by atoms with Crippen LogP contribution in [0.15, 0.2) is 54.6 Å². The number of fused-ring (bicyclic) bond motifs is 1. The van der Waals surface area contributed by atoms with E-state index in [0.717, 1.165) is 16.0 Å². The van der Waals surface area contributed by atoms with Crippen LogP contribution >= 0.6 is 11.3 Å². The first-order valence-corrected chi connectivity index (χ1v) is 9.12. The molecular formula is C20H20ClNO4S. The summed E-state index contributed by atoms with van der Waals surface area (Å²) in [7, 11) is 0. The van der Waals surface area contributed by atoms with Crippen LogP contribution in [0.25, 0.3) is 20.5 Å². The summed E-state index contributed by atoms with van der Waals surface area (Å²) >= 11 is 1.72. The molecule has 0 saturated heterocycles. The first kappa shape index (κ1) is 20.9. The number of aliphatic carboxylic acids is 2. The van der Waals surface area contributed by atoms with Crippen molar-refractivity contribution in [3.63, 3.8) is 0 Å². The molecular weight excluding hydrogens is 386 g/mol. The highest BCUT2D eigenvalue weighted by Crippen LogP contribution is 2.33. The summed E-state index contributed by atoms with van der Waals surface area (Å²) in [6.45, 7) is 0. The van der Waals surface area contributed by atoms with Gasteiger partial charge in [0.25, 0.3) is 0 Å². The Morgan fingerprint density at radius 1 is 1.00 bits per heavy atom. The van der Waals surface area contributed by atoms with E-state index in [9.17, 15) is 14.7 Å². The lowest BCUT2D eigenvalue weighted by atomic mass is 9.92. The molecule has 0 aliphatic rings. The summed E-state index contributed by atoms with van der Waals surface area (Å²) in [6, 6.07) is 17.2. The molecule has 5 N–H and O–H groups in total. The molecule has 0 bridgehead atoms. The number of carboxylic acids is 2. The molecule has 27 heavy (non-hydrogen) atoms. The van der Waals surface area contributed by atoms with Gasteiger partial charge in [0, 0.05) is 16.0 Å². The quantitative estimate of drug-likeness (QED) is 0.511. The summed E-state index contributed by atoms with van der Waals surface area (Å²) in [5.74, 6) is -2.83. The molecule has 0 aliphatic carbocycles. The summed E-state index contributed by atoms with van der Waals surface area (Å²) in [6.07, 6.45) is 0.310. The van der Waals surface area contributed by atoms with Crippen molar-refractivity contribution >= 4 is 33.4 Å². The van der Waals surface area contributed by atoms with Crippen LogP contribution in [0.2, 0.25) is 0 Å². The largest absolute Gasteiger partial charge is 1.00 e. The highest BCUT2D eigenvalue weighted by Gasteiger charge is 2.27. The fraction of sp³-hybridized carbons (Fsp3) is 0.200. The molecule has 2 atom stereocenters. The third-order valence-corrected chi connectivity index (χ3v) is 5.58. The van der Waals surface area contributed by atoms with Crippen molar-refractivity contribution in [1.82, 2.24) is 0 Å². The third-order valence-electron chi connectivity index (χ3n) is 4.41. The monoisotopic (exact) mass is 405 g/mol. The summed E-state index contributed by atoms with van der Waals surface area (Å²) in [5.41, 5.74) is 5.47. The molecule has 5 nitrogen and oxygen atoms in total. The van der Waals surface area contributed by atoms with E-state index in [1.807, 2.05) is 36.4 Å². The van der Waals surface area contributed by atoms with Crippen LogP contribution in [0.5, 0.6) is 0 Å². The van der Waals surface area contributed by atoms with E-state index in [1.54, 1.807) is 11.3 Å². The molecule has 0 fully saturated rings. The number of rotatable bonds is 7. The molecule has 7 heteroatoms. The predicted octanol–water partition coefficient (Wildman–Crippen LogP) is -0.0992. The van der Waals surface area contributed by atoms with Gasteiger partial charge in [-0.3, -0.25) is 4.79 Å². The van der Waals surface area contributed by atoms with Crippen molar-refractivity contribution < 1.29 is 37.9 Å². The molecule has 142 valence electrons. The van der Waals surface area contributed by atoms with Gasteiger partial charge in [-0.05, 0) is 35.1 Å². The number of hydrogen-bond acceptors (Lipinski definition) is 3. The van der Waals surface area contributed by atoms with Crippen molar-refractivity contribution in [3.05, 3.63) is 60.2 Å². The standard InChI is InChI=1S/C20H19NO4S.ClH/c21-16(20(24)25)10-15(19(22)23)9-12-5-7-13(8-6-12)18-11-14-3-1-2-4-17(14)26-18;/h1-8,11,15-16H,9-10,21H2,(H,22,23)(H,24,25);1H/t15-,16+;/m0./s1. The number of hydrogen-bond donors (Lipinski definition) is 3. The minimum Gasteiger partial charge on any atom is -1.00 e. The molecule has 0 aliphatic heterocycles. The molecule has 0 amide bonds. The SMILES string of the molecule is [Cl-].[NH3+][C@H](C[C@H](Cc1ccc(-c2cc3ccccc3s2)cc1)C(=O)O)C(=O)O. The van der Waals surface area contributed by atoms with Crippen LogP contribution in [0.3, 0.4) is 0 Å². The van der Waals surface area contributed by atoms with Crippen molar-refractivity contribution in [2.24, 2.45) is 5.92 Å². The Hall–Kier alpha value is -2.41. The van der Waals surface area contributed by atoms with Crippen molar-refractivity contribution in [2.75, 3.05) is 0 Å². The highest BCUT2D eigenvalue weighted by molar-refractivity contribution is 7.22. The number of carbonyl (C=O) groups is 2. The van der Waals surface area contributed by atoms with Crippen molar-refractivity contribution in [3.8, 4) is 10.4 Å². The fourth-order valence-electron chi connectivity index (χ4n) is 2.93.